The van der Waals surface area contributed by atoms with Crippen LogP contribution in [0.2, 0.25) is 0 Å². The summed E-state index contributed by atoms with van der Waals surface area (Å²) in [5, 5.41) is 3.15. The lowest BCUT2D eigenvalue weighted by molar-refractivity contribution is 0.211. The molecule has 0 bridgehead atoms. The van der Waals surface area contributed by atoms with Crippen LogP contribution in [-0.4, -0.2) is 25.2 Å². The highest BCUT2D eigenvalue weighted by Gasteiger charge is 2.02. The van der Waals surface area contributed by atoms with Crippen molar-refractivity contribution >= 4 is 27.3 Å². The fourth-order valence-electron chi connectivity index (χ4n) is 0.915. The lowest BCUT2D eigenvalue weighted by Gasteiger charge is -2.09. The third-order valence-corrected chi connectivity index (χ3v) is 2.14. The van der Waals surface area contributed by atoms with Gasteiger partial charge in [0.1, 0.15) is 0 Å². The minimum Gasteiger partial charge on any atom is -0.396 e. The molecular formula is C8H12BrN3O. The SMILES string of the molecule is COCCNc1c(N)cncc1Br. The molecule has 0 aliphatic rings. The van der Waals surface area contributed by atoms with Crippen LogP contribution in [0.3, 0.4) is 0 Å². The summed E-state index contributed by atoms with van der Waals surface area (Å²) in [6, 6.07) is 0. The summed E-state index contributed by atoms with van der Waals surface area (Å²) in [6.07, 6.45) is 3.31. The van der Waals surface area contributed by atoms with Gasteiger partial charge in [-0.3, -0.25) is 4.98 Å². The molecule has 0 amide bonds. The predicted octanol–water partition coefficient (Wildman–Crippen LogP) is 1.48. The average molecular weight is 246 g/mol. The number of nitrogens with two attached hydrogens (primary N) is 1. The molecule has 1 aromatic rings. The molecule has 0 radical (unpaired) electrons. The maximum Gasteiger partial charge on any atom is 0.0750 e. The van der Waals surface area contributed by atoms with Crippen molar-refractivity contribution in [2.24, 2.45) is 0 Å². The van der Waals surface area contributed by atoms with Gasteiger partial charge in [0.15, 0.2) is 0 Å². The molecule has 0 aliphatic carbocycles. The Morgan fingerprint density at radius 1 is 1.62 bits per heavy atom. The molecule has 1 heterocycles. The Morgan fingerprint density at radius 3 is 3.00 bits per heavy atom. The molecule has 0 fully saturated rings. The van der Waals surface area contributed by atoms with E-state index in [1.165, 1.54) is 0 Å². The summed E-state index contributed by atoms with van der Waals surface area (Å²) >= 11 is 3.35. The summed E-state index contributed by atoms with van der Waals surface area (Å²) in [7, 11) is 1.66. The molecule has 4 nitrogen and oxygen atoms in total. The summed E-state index contributed by atoms with van der Waals surface area (Å²) in [5.74, 6) is 0. The molecule has 0 aliphatic heterocycles. The topological polar surface area (TPSA) is 60.2 Å². The van der Waals surface area contributed by atoms with E-state index >= 15 is 0 Å². The number of anilines is 2. The van der Waals surface area contributed by atoms with E-state index in [4.69, 9.17) is 10.5 Å². The first-order valence-corrected chi connectivity index (χ1v) is 4.66. The maximum absolute atomic E-state index is 5.71. The number of nitrogen functional groups attached to an aromatic ring is 1. The van der Waals surface area contributed by atoms with Gasteiger partial charge in [0.25, 0.3) is 0 Å². The van der Waals surface area contributed by atoms with E-state index in [1.807, 2.05) is 0 Å². The maximum atomic E-state index is 5.71. The van der Waals surface area contributed by atoms with Crippen LogP contribution in [0.1, 0.15) is 0 Å². The highest BCUT2D eigenvalue weighted by Crippen LogP contribution is 2.26. The molecule has 0 spiro atoms. The van der Waals surface area contributed by atoms with Crippen molar-refractivity contribution in [1.29, 1.82) is 0 Å². The Bertz CT molecular complexity index is 260. The average Bonchev–Trinajstić information content (AvgIpc) is 2.10. The Balaban J connectivity index is 2.64. The van der Waals surface area contributed by atoms with E-state index in [0.717, 1.165) is 16.7 Å². The molecule has 0 saturated heterocycles. The van der Waals surface area contributed by atoms with Crippen LogP contribution in [0.5, 0.6) is 0 Å². The van der Waals surface area contributed by atoms with Crippen LogP contribution >= 0.6 is 15.9 Å². The van der Waals surface area contributed by atoms with Gasteiger partial charge in [0, 0.05) is 19.9 Å². The predicted molar refractivity (Wildman–Crippen MR) is 56.7 cm³/mol. The highest BCUT2D eigenvalue weighted by molar-refractivity contribution is 9.10. The molecule has 0 saturated carbocycles. The van der Waals surface area contributed by atoms with Gasteiger partial charge in [0.2, 0.25) is 0 Å². The van der Waals surface area contributed by atoms with Crippen LogP contribution in [0.15, 0.2) is 16.9 Å². The second kappa shape index (κ2) is 5.04. The van der Waals surface area contributed by atoms with Crippen molar-refractivity contribution in [2.75, 3.05) is 31.3 Å². The molecule has 3 N–H and O–H groups in total. The highest BCUT2D eigenvalue weighted by atomic mass is 79.9. The molecule has 1 aromatic heterocycles. The number of aromatic nitrogens is 1. The van der Waals surface area contributed by atoms with E-state index in [1.54, 1.807) is 19.5 Å². The van der Waals surface area contributed by atoms with Gasteiger partial charge < -0.3 is 15.8 Å². The number of hydrogen-bond acceptors (Lipinski definition) is 4. The normalized spacial score (nSPS) is 10.0. The van der Waals surface area contributed by atoms with Crippen LogP contribution in [0, 0.1) is 0 Å². The van der Waals surface area contributed by atoms with Crippen molar-refractivity contribution in [3.05, 3.63) is 16.9 Å². The minimum atomic E-state index is 0.630. The standard InChI is InChI=1S/C8H12BrN3O/c1-13-3-2-12-8-6(9)4-11-5-7(8)10/h4-5H,2-3,10H2,1H3,(H,11,12). The van der Waals surface area contributed by atoms with Gasteiger partial charge in [0.05, 0.1) is 28.7 Å². The molecule has 1 rings (SSSR count). The number of pyridine rings is 1. The number of methoxy groups -OCH3 is 1. The monoisotopic (exact) mass is 245 g/mol. The molecular weight excluding hydrogens is 234 g/mol. The van der Waals surface area contributed by atoms with Gasteiger partial charge in [-0.2, -0.15) is 0 Å². The van der Waals surface area contributed by atoms with E-state index in [2.05, 4.69) is 26.2 Å². The number of nitrogens with one attached hydrogen (secondary N) is 1. The van der Waals surface area contributed by atoms with Crippen molar-refractivity contribution in [1.82, 2.24) is 4.98 Å². The lowest BCUT2D eigenvalue weighted by Crippen LogP contribution is -2.09. The number of halogens is 1. The van der Waals surface area contributed by atoms with Gasteiger partial charge in [-0.25, -0.2) is 0 Å². The number of ether oxygens (including phenoxy) is 1. The Labute approximate surface area is 85.6 Å². The summed E-state index contributed by atoms with van der Waals surface area (Å²) in [6.45, 7) is 1.37. The quantitative estimate of drug-likeness (QED) is 0.790. The third kappa shape index (κ3) is 2.86. The second-order valence-electron chi connectivity index (χ2n) is 2.51. The zero-order chi connectivity index (χ0) is 9.68. The lowest BCUT2D eigenvalue weighted by atomic mass is 10.3. The van der Waals surface area contributed by atoms with Crippen LogP contribution < -0.4 is 11.1 Å². The van der Waals surface area contributed by atoms with Crippen molar-refractivity contribution in [3.63, 3.8) is 0 Å². The van der Waals surface area contributed by atoms with Crippen molar-refractivity contribution in [2.45, 2.75) is 0 Å². The first kappa shape index (κ1) is 10.3. The van der Waals surface area contributed by atoms with Gasteiger partial charge >= 0.3 is 0 Å². The van der Waals surface area contributed by atoms with Gasteiger partial charge in [-0.1, -0.05) is 0 Å². The third-order valence-electron chi connectivity index (χ3n) is 1.54. The van der Waals surface area contributed by atoms with E-state index in [0.29, 0.717) is 12.3 Å². The van der Waals surface area contributed by atoms with Crippen LogP contribution in [-0.2, 0) is 4.74 Å². The minimum absolute atomic E-state index is 0.630. The molecule has 0 aromatic carbocycles. The zero-order valence-electron chi connectivity index (χ0n) is 7.38. The number of rotatable bonds is 4. The summed E-state index contributed by atoms with van der Waals surface area (Å²) in [4.78, 5) is 3.93. The molecule has 0 unspecified atom stereocenters. The van der Waals surface area contributed by atoms with E-state index < -0.39 is 0 Å². The van der Waals surface area contributed by atoms with E-state index in [9.17, 15) is 0 Å². The smallest absolute Gasteiger partial charge is 0.0750 e. The fraction of sp³-hybridized carbons (Fsp3) is 0.375. The summed E-state index contributed by atoms with van der Waals surface area (Å²) < 4.78 is 5.77. The first-order chi connectivity index (χ1) is 6.25. The van der Waals surface area contributed by atoms with Gasteiger partial charge in [-0.15, -0.1) is 0 Å². The van der Waals surface area contributed by atoms with E-state index in [-0.39, 0.29) is 0 Å². The number of hydrogen-bond donors (Lipinski definition) is 2. The first-order valence-electron chi connectivity index (χ1n) is 3.87. The summed E-state index contributed by atoms with van der Waals surface area (Å²) in [5.41, 5.74) is 7.21. The van der Waals surface area contributed by atoms with Crippen molar-refractivity contribution < 1.29 is 4.74 Å². The molecule has 13 heavy (non-hydrogen) atoms. The van der Waals surface area contributed by atoms with Crippen LogP contribution in [0.4, 0.5) is 11.4 Å². The Kier molecular flexibility index (Phi) is 3.98. The van der Waals surface area contributed by atoms with Crippen LogP contribution in [0.25, 0.3) is 0 Å². The van der Waals surface area contributed by atoms with Crippen molar-refractivity contribution in [3.8, 4) is 0 Å². The largest absolute Gasteiger partial charge is 0.396 e. The molecule has 0 atom stereocenters. The second-order valence-corrected chi connectivity index (χ2v) is 3.36. The number of nitrogens with zero attached hydrogens (tertiary/aromatic N) is 1. The fourth-order valence-corrected chi connectivity index (χ4v) is 1.40. The molecule has 72 valence electrons. The Hall–Kier alpha value is -0.810. The Morgan fingerprint density at radius 2 is 2.38 bits per heavy atom. The zero-order valence-corrected chi connectivity index (χ0v) is 8.97. The van der Waals surface area contributed by atoms with Gasteiger partial charge in [-0.05, 0) is 15.9 Å². The molecule has 5 heteroatoms.